The second kappa shape index (κ2) is 5.42. The van der Waals surface area contributed by atoms with Crippen LogP contribution in [0.1, 0.15) is 26.7 Å². The Morgan fingerprint density at radius 1 is 1.48 bits per heavy atom. The maximum Gasteiger partial charge on any atom is 0.333 e. The average Bonchev–Trinajstić information content (AvgIpc) is 2.71. The molecule has 0 amide bonds. The van der Waals surface area contributed by atoms with Crippen molar-refractivity contribution in [1.29, 1.82) is 0 Å². The highest BCUT2D eigenvalue weighted by atomic mass is 16.6. The van der Waals surface area contributed by atoms with Gasteiger partial charge in [-0.25, -0.2) is 4.79 Å². The van der Waals surface area contributed by atoms with Gasteiger partial charge in [0.1, 0.15) is 12.2 Å². The highest BCUT2D eigenvalue weighted by Crippen LogP contribution is 2.50. The molecule has 1 saturated carbocycles. The average molecular weight is 298 g/mol. The molecule has 118 valence electrons. The molecule has 0 unspecified atom stereocenters. The van der Waals surface area contributed by atoms with Crippen molar-refractivity contribution in [3.8, 4) is 0 Å². The van der Waals surface area contributed by atoms with Gasteiger partial charge in [-0.05, 0) is 24.7 Å². The first-order valence-corrected chi connectivity index (χ1v) is 7.18. The first kappa shape index (κ1) is 16.0. The highest BCUT2D eigenvalue weighted by Gasteiger charge is 2.59. The molecule has 1 heterocycles. The number of fused-ring (bicyclic) bond motifs is 1. The van der Waals surface area contributed by atoms with Crippen molar-refractivity contribution in [3.05, 3.63) is 12.2 Å². The van der Waals surface area contributed by atoms with Gasteiger partial charge in [0.05, 0.1) is 17.6 Å². The molecule has 0 aromatic rings. The minimum Gasteiger partial charge on any atom is -0.478 e. The van der Waals surface area contributed by atoms with E-state index < -0.39 is 35.5 Å². The van der Waals surface area contributed by atoms with Crippen LogP contribution in [0.2, 0.25) is 0 Å². The molecule has 2 fully saturated rings. The van der Waals surface area contributed by atoms with Crippen LogP contribution >= 0.6 is 0 Å². The number of carbonyl (C=O) groups excluding carboxylic acids is 1. The zero-order valence-electron chi connectivity index (χ0n) is 12.3. The second-order valence-corrected chi connectivity index (χ2v) is 6.49. The van der Waals surface area contributed by atoms with Crippen molar-refractivity contribution in [1.82, 2.24) is 0 Å². The molecule has 6 nitrogen and oxygen atoms in total. The lowest BCUT2D eigenvalue weighted by Crippen LogP contribution is -2.54. The maximum atomic E-state index is 12.0. The third kappa shape index (κ3) is 2.58. The van der Waals surface area contributed by atoms with Crippen LogP contribution in [0.4, 0.5) is 0 Å². The van der Waals surface area contributed by atoms with Gasteiger partial charge in [-0.3, -0.25) is 4.79 Å². The summed E-state index contributed by atoms with van der Waals surface area (Å²) in [4.78, 5) is 23.1. The third-order valence-electron chi connectivity index (χ3n) is 4.94. The van der Waals surface area contributed by atoms with Crippen LogP contribution in [0.5, 0.6) is 0 Å². The van der Waals surface area contributed by atoms with Gasteiger partial charge in [-0.1, -0.05) is 20.4 Å². The topological polar surface area (TPSA) is 104 Å². The normalized spacial score (nSPS) is 37.0. The third-order valence-corrected chi connectivity index (χ3v) is 4.94. The van der Waals surface area contributed by atoms with E-state index >= 15 is 0 Å². The van der Waals surface area contributed by atoms with Crippen molar-refractivity contribution in [3.63, 3.8) is 0 Å². The fourth-order valence-electron chi connectivity index (χ4n) is 3.75. The molecule has 1 saturated heterocycles. The van der Waals surface area contributed by atoms with E-state index in [9.17, 15) is 19.8 Å². The molecule has 2 aliphatic rings. The SMILES string of the molecule is C=C(C(=O)O)[C@H](O)[C@H]1[C@H]2C(=O)OC[C@@]2(O)CC[C@H]1C(C)C. The Labute approximate surface area is 123 Å². The number of carboxylic acid groups (broad SMARTS) is 1. The number of esters is 1. The Balaban J connectivity index is 2.40. The summed E-state index contributed by atoms with van der Waals surface area (Å²) in [5.74, 6) is -3.39. The van der Waals surface area contributed by atoms with Crippen LogP contribution in [0.15, 0.2) is 12.2 Å². The van der Waals surface area contributed by atoms with Gasteiger partial charge in [0.15, 0.2) is 0 Å². The van der Waals surface area contributed by atoms with Crippen LogP contribution in [0.25, 0.3) is 0 Å². The van der Waals surface area contributed by atoms with Gasteiger partial charge in [0.2, 0.25) is 0 Å². The van der Waals surface area contributed by atoms with Crippen molar-refractivity contribution >= 4 is 11.9 Å². The Hall–Kier alpha value is -1.40. The van der Waals surface area contributed by atoms with E-state index in [4.69, 9.17) is 9.84 Å². The lowest BCUT2D eigenvalue weighted by atomic mass is 9.60. The van der Waals surface area contributed by atoms with Gasteiger partial charge in [0.25, 0.3) is 0 Å². The van der Waals surface area contributed by atoms with E-state index in [2.05, 4.69) is 6.58 Å². The molecular formula is C15H22O6. The van der Waals surface area contributed by atoms with Gasteiger partial charge in [0, 0.05) is 5.92 Å². The molecule has 0 bridgehead atoms. The lowest BCUT2D eigenvalue weighted by Gasteiger charge is -2.45. The molecule has 1 aliphatic heterocycles. The van der Waals surface area contributed by atoms with E-state index in [0.29, 0.717) is 12.8 Å². The predicted molar refractivity (Wildman–Crippen MR) is 73.2 cm³/mol. The quantitative estimate of drug-likeness (QED) is 0.518. The number of hydrogen-bond acceptors (Lipinski definition) is 5. The van der Waals surface area contributed by atoms with Crippen LogP contribution in [-0.4, -0.2) is 45.6 Å². The van der Waals surface area contributed by atoms with Crippen LogP contribution in [0, 0.1) is 23.7 Å². The highest BCUT2D eigenvalue weighted by molar-refractivity contribution is 5.87. The van der Waals surface area contributed by atoms with Crippen LogP contribution in [0.3, 0.4) is 0 Å². The number of aliphatic hydroxyl groups is 2. The molecule has 1 aliphatic carbocycles. The predicted octanol–water partition coefficient (Wildman–Crippen LogP) is 0.574. The molecule has 3 N–H and O–H groups in total. The molecule has 6 heteroatoms. The molecule has 2 rings (SSSR count). The van der Waals surface area contributed by atoms with Crippen LogP contribution in [-0.2, 0) is 14.3 Å². The zero-order valence-corrected chi connectivity index (χ0v) is 12.3. The van der Waals surface area contributed by atoms with Crippen molar-refractivity contribution in [2.75, 3.05) is 6.61 Å². The molecule has 0 spiro atoms. The van der Waals surface area contributed by atoms with Gasteiger partial charge in [-0.15, -0.1) is 0 Å². The van der Waals surface area contributed by atoms with E-state index in [0.717, 1.165) is 0 Å². The Kier molecular flexibility index (Phi) is 4.13. The number of ether oxygens (including phenoxy) is 1. The molecular weight excluding hydrogens is 276 g/mol. The minimum absolute atomic E-state index is 0.0768. The first-order valence-electron chi connectivity index (χ1n) is 7.18. The fraction of sp³-hybridized carbons (Fsp3) is 0.733. The van der Waals surface area contributed by atoms with Crippen molar-refractivity contribution < 1.29 is 29.6 Å². The lowest BCUT2D eigenvalue weighted by molar-refractivity contribution is -0.151. The Morgan fingerprint density at radius 3 is 2.62 bits per heavy atom. The molecule has 0 aromatic carbocycles. The Bertz CT molecular complexity index is 471. The summed E-state index contributed by atoms with van der Waals surface area (Å²) in [6, 6.07) is 0. The first-order chi connectivity index (χ1) is 9.69. The van der Waals surface area contributed by atoms with Gasteiger partial charge < -0.3 is 20.1 Å². The molecule has 0 radical (unpaired) electrons. The van der Waals surface area contributed by atoms with Crippen LogP contribution < -0.4 is 0 Å². The van der Waals surface area contributed by atoms with E-state index in [-0.39, 0.29) is 24.0 Å². The standard InChI is InChI=1S/C15H22O6/c1-7(2)9-4-5-15(20)6-21-14(19)11(15)10(9)12(16)8(3)13(17)18/h7,9-12,16,20H,3-6H2,1-2H3,(H,17,18)/t9-,10+,11-,12-,15-/m0/s1. The van der Waals surface area contributed by atoms with Crippen molar-refractivity contribution in [2.24, 2.45) is 23.7 Å². The Morgan fingerprint density at radius 2 is 2.10 bits per heavy atom. The number of hydrogen-bond donors (Lipinski definition) is 3. The van der Waals surface area contributed by atoms with Crippen molar-refractivity contribution in [2.45, 2.75) is 38.4 Å². The van der Waals surface area contributed by atoms with E-state index in [1.807, 2.05) is 13.8 Å². The largest absolute Gasteiger partial charge is 0.478 e. The summed E-state index contributed by atoms with van der Waals surface area (Å²) in [5, 5.41) is 30.0. The zero-order chi connectivity index (χ0) is 15.9. The smallest absolute Gasteiger partial charge is 0.333 e. The minimum atomic E-state index is -1.38. The summed E-state index contributed by atoms with van der Waals surface area (Å²) in [6.07, 6.45) is -0.359. The second-order valence-electron chi connectivity index (χ2n) is 6.49. The summed E-state index contributed by atoms with van der Waals surface area (Å²) in [6.45, 7) is 7.22. The number of aliphatic hydroxyl groups excluding tert-OH is 1. The van der Waals surface area contributed by atoms with E-state index in [1.165, 1.54) is 0 Å². The molecule has 5 atom stereocenters. The molecule has 21 heavy (non-hydrogen) atoms. The number of carbonyl (C=O) groups is 2. The summed E-state index contributed by atoms with van der Waals surface area (Å²) >= 11 is 0. The number of cyclic esters (lactones) is 1. The number of rotatable bonds is 4. The monoisotopic (exact) mass is 298 g/mol. The summed E-state index contributed by atoms with van der Waals surface area (Å²) in [5.41, 5.74) is -1.66. The fourth-order valence-corrected chi connectivity index (χ4v) is 3.75. The number of carboxylic acids is 1. The maximum absolute atomic E-state index is 12.0. The summed E-state index contributed by atoms with van der Waals surface area (Å²) in [7, 11) is 0. The van der Waals surface area contributed by atoms with Gasteiger partial charge in [-0.2, -0.15) is 0 Å². The van der Waals surface area contributed by atoms with Gasteiger partial charge >= 0.3 is 11.9 Å². The number of aliphatic carboxylic acids is 1. The van der Waals surface area contributed by atoms with E-state index in [1.54, 1.807) is 0 Å². The summed E-state index contributed by atoms with van der Waals surface area (Å²) < 4.78 is 4.97. The molecule has 0 aromatic heterocycles.